The summed E-state index contributed by atoms with van der Waals surface area (Å²) in [6.07, 6.45) is 0. The molecule has 2 amide bonds. The summed E-state index contributed by atoms with van der Waals surface area (Å²) < 4.78 is 5.94. The summed E-state index contributed by atoms with van der Waals surface area (Å²) in [7, 11) is 0. The van der Waals surface area contributed by atoms with E-state index in [4.69, 9.17) is 27.6 Å². The first kappa shape index (κ1) is 29.2. The number of anilines is 2. The Balaban J connectivity index is 0.937. The van der Waals surface area contributed by atoms with E-state index in [2.05, 4.69) is 35.6 Å². The summed E-state index contributed by atoms with van der Waals surface area (Å²) in [5.41, 5.74) is 6.40. The van der Waals surface area contributed by atoms with Crippen molar-refractivity contribution in [3.63, 3.8) is 0 Å². The first-order valence-corrected chi connectivity index (χ1v) is 16.2. The number of oxazole rings is 1. The number of aromatic nitrogens is 5. The number of rotatable bonds is 9. The molecule has 7 rings (SSSR count). The van der Waals surface area contributed by atoms with Gasteiger partial charge in [-0.1, -0.05) is 46.7 Å². The molecule has 0 fully saturated rings. The third kappa shape index (κ3) is 6.79. The fourth-order valence-corrected chi connectivity index (χ4v) is 6.25. The van der Waals surface area contributed by atoms with E-state index in [1.54, 1.807) is 54.6 Å². The zero-order chi connectivity index (χ0) is 30.9. The molecule has 14 heteroatoms. The molecule has 3 aromatic heterocycles. The van der Waals surface area contributed by atoms with Crippen molar-refractivity contribution in [2.75, 3.05) is 22.1 Å². The van der Waals surface area contributed by atoms with E-state index in [1.165, 1.54) is 23.5 Å². The molecule has 0 radical (unpaired) electrons. The Bertz CT molecular complexity index is 2210. The predicted molar refractivity (Wildman–Crippen MR) is 180 cm³/mol. The molecule has 0 atom stereocenters. The Kier molecular flexibility index (Phi) is 8.11. The summed E-state index contributed by atoms with van der Waals surface area (Å²) in [4.78, 5) is 45.0. The topological polar surface area (TPSA) is 142 Å². The number of nitrogens with one attached hydrogen (secondary N) is 4. The van der Waals surface area contributed by atoms with Crippen molar-refractivity contribution < 1.29 is 14.0 Å². The average molecular weight is 675 g/mol. The Morgan fingerprint density at radius 2 is 1.22 bits per heavy atom. The molecular formula is C31H21Cl2N7O3S2. The number of nitrogens with zero attached hydrogens (tertiary/aromatic N) is 3. The highest BCUT2D eigenvalue weighted by Crippen LogP contribution is 2.28. The van der Waals surface area contributed by atoms with Crippen LogP contribution in [0, 0.1) is 0 Å². The summed E-state index contributed by atoms with van der Waals surface area (Å²) >= 11 is 14.7. The number of benzene rings is 4. The molecular weight excluding hydrogens is 653 g/mol. The minimum atomic E-state index is -0.180. The number of halogens is 2. The van der Waals surface area contributed by atoms with Gasteiger partial charge in [-0.3, -0.25) is 9.59 Å². The third-order valence-electron chi connectivity index (χ3n) is 6.61. The van der Waals surface area contributed by atoms with E-state index in [0.29, 0.717) is 48.7 Å². The molecule has 0 saturated heterocycles. The lowest BCUT2D eigenvalue weighted by Gasteiger charge is -2.05. The van der Waals surface area contributed by atoms with Crippen LogP contribution < -0.4 is 10.6 Å². The lowest BCUT2D eigenvalue weighted by molar-refractivity contribution is -0.114. The highest BCUT2D eigenvalue weighted by molar-refractivity contribution is 8.00. The summed E-state index contributed by atoms with van der Waals surface area (Å²) in [5.74, 6) is 0.441. The number of H-pyrrole nitrogens is 2. The maximum Gasteiger partial charge on any atom is 0.234 e. The van der Waals surface area contributed by atoms with Gasteiger partial charge in [0.05, 0.1) is 33.6 Å². The molecule has 10 nitrogen and oxygen atoms in total. The standard InChI is InChI=1S/C31H21Cl2N7O3S2/c32-17-3-8-21-23(11-17)39-30(37-21)44-14-27(41)34-19-5-1-16(2-6-19)29-36-25-13-20(7-10-26(25)43-29)35-28(42)15-45-31-38-22-9-4-18(33)12-24(22)40-31/h1-13H,14-15H2,(H,34,41)(H,35,42)(H,37,39)(H,38,40). The van der Waals surface area contributed by atoms with E-state index < -0.39 is 0 Å². The molecule has 224 valence electrons. The molecule has 0 aliphatic heterocycles. The number of hydrogen-bond donors (Lipinski definition) is 4. The zero-order valence-corrected chi connectivity index (χ0v) is 26.2. The molecule has 0 spiro atoms. The van der Waals surface area contributed by atoms with Crippen LogP contribution in [0.3, 0.4) is 0 Å². The number of fused-ring (bicyclic) bond motifs is 3. The van der Waals surface area contributed by atoms with Crippen molar-refractivity contribution in [1.29, 1.82) is 0 Å². The zero-order valence-electron chi connectivity index (χ0n) is 23.1. The summed E-state index contributed by atoms with van der Waals surface area (Å²) in [5, 5.41) is 8.30. The number of aromatic amines is 2. The van der Waals surface area contributed by atoms with Crippen LogP contribution in [0.15, 0.2) is 93.6 Å². The molecule has 0 unspecified atom stereocenters. The van der Waals surface area contributed by atoms with E-state index in [-0.39, 0.29) is 23.3 Å². The van der Waals surface area contributed by atoms with Crippen LogP contribution in [-0.4, -0.2) is 48.2 Å². The average Bonchev–Trinajstić information content (AvgIpc) is 3.75. The molecule has 45 heavy (non-hydrogen) atoms. The molecule has 0 aliphatic rings. The molecule has 0 aliphatic carbocycles. The normalized spacial score (nSPS) is 11.4. The molecule has 7 aromatic rings. The van der Waals surface area contributed by atoms with Crippen molar-refractivity contribution in [3.05, 3.63) is 88.9 Å². The molecule has 4 N–H and O–H groups in total. The number of carbonyl (C=O) groups is 2. The van der Waals surface area contributed by atoms with Gasteiger partial charge in [0, 0.05) is 27.0 Å². The van der Waals surface area contributed by atoms with Gasteiger partial charge in [-0.15, -0.1) is 0 Å². The van der Waals surface area contributed by atoms with E-state index in [0.717, 1.165) is 27.6 Å². The van der Waals surface area contributed by atoms with Gasteiger partial charge in [-0.05, 0) is 78.9 Å². The van der Waals surface area contributed by atoms with Gasteiger partial charge in [0.15, 0.2) is 15.9 Å². The highest BCUT2D eigenvalue weighted by atomic mass is 35.5. The van der Waals surface area contributed by atoms with Crippen molar-refractivity contribution >= 4 is 103 Å². The Morgan fingerprint density at radius 3 is 1.82 bits per heavy atom. The lowest BCUT2D eigenvalue weighted by atomic mass is 10.2. The van der Waals surface area contributed by atoms with Crippen LogP contribution in [0.4, 0.5) is 11.4 Å². The van der Waals surface area contributed by atoms with E-state index in [9.17, 15) is 9.59 Å². The van der Waals surface area contributed by atoms with Crippen molar-refractivity contribution in [2.45, 2.75) is 10.3 Å². The molecule has 0 bridgehead atoms. The number of amides is 2. The number of imidazole rings is 2. The van der Waals surface area contributed by atoms with Gasteiger partial charge in [-0.2, -0.15) is 0 Å². The lowest BCUT2D eigenvalue weighted by Crippen LogP contribution is -2.14. The quantitative estimate of drug-likeness (QED) is 0.113. The Hall–Kier alpha value is -4.49. The first-order valence-electron chi connectivity index (χ1n) is 13.5. The van der Waals surface area contributed by atoms with Crippen LogP contribution in [0.5, 0.6) is 0 Å². The maximum atomic E-state index is 12.6. The van der Waals surface area contributed by atoms with Crippen LogP contribution in [-0.2, 0) is 9.59 Å². The minimum Gasteiger partial charge on any atom is -0.436 e. The summed E-state index contributed by atoms with van der Waals surface area (Å²) in [6.45, 7) is 0. The number of thioether (sulfide) groups is 2. The largest absolute Gasteiger partial charge is 0.436 e. The van der Waals surface area contributed by atoms with E-state index >= 15 is 0 Å². The minimum absolute atomic E-state index is 0.163. The number of carbonyl (C=O) groups excluding carboxylic acids is 2. The second-order valence-corrected chi connectivity index (χ2v) is 12.7. The third-order valence-corrected chi connectivity index (χ3v) is 8.83. The number of hydrogen-bond acceptors (Lipinski definition) is 8. The van der Waals surface area contributed by atoms with Gasteiger partial charge in [-0.25, -0.2) is 15.0 Å². The predicted octanol–water partition coefficient (Wildman–Crippen LogP) is 8.02. The van der Waals surface area contributed by atoms with Crippen LogP contribution in [0.1, 0.15) is 0 Å². The Morgan fingerprint density at radius 1 is 0.667 bits per heavy atom. The Labute approximate surface area is 273 Å². The van der Waals surface area contributed by atoms with Gasteiger partial charge in [0.25, 0.3) is 0 Å². The fraction of sp³-hybridized carbons (Fsp3) is 0.0645. The fourth-order valence-electron chi connectivity index (χ4n) is 4.54. The molecule has 4 aromatic carbocycles. The van der Waals surface area contributed by atoms with Crippen molar-refractivity contribution in [2.24, 2.45) is 0 Å². The highest BCUT2D eigenvalue weighted by Gasteiger charge is 2.13. The van der Waals surface area contributed by atoms with Crippen molar-refractivity contribution in [1.82, 2.24) is 24.9 Å². The van der Waals surface area contributed by atoms with Crippen molar-refractivity contribution in [3.8, 4) is 11.5 Å². The van der Waals surface area contributed by atoms with Crippen LogP contribution in [0.2, 0.25) is 10.0 Å². The molecule has 0 saturated carbocycles. The van der Waals surface area contributed by atoms with Gasteiger partial charge in [0.2, 0.25) is 17.7 Å². The molecule has 3 heterocycles. The van der Waals surface area contributed by atoms with Crippen LogP contribution >= 0.6 is 46.7 Å². The van der Waals surface area contributed by atoms with E-state index in [1.807, 2.05) is 24.3 Å². The SMILES string of the molecule is O=C(CSc1nc2ccc(Cl)cc2[nH]1)Nc1ccc(-c2nc3cc(NC(=O)CSc4nc5ccc(Cl)cc5[nH]4)ccc3o2)cc1. The second-order valence-electron chi connectivity index (χ2n) is 9.86. The monoisotopic (exact) mass is 673 g/mol. The first-order chi connectivity index (χ1) is 21.8. The summed E-state index contributed by atoms with van der Waals surface area (Å²) in [6, 6.07) is 23.3. The van der Waals surface area contributed by atoms with Gasteiger partial charge in [0.1, 0.15) is 5.52 Å². The van der Waals surface area contributed by atoms with Gasteiger partial charge >= 0.3 is 0 Å². The van der Waals surface area contributed by atoms with Gasteiger partial charge < -0.3 is 25.0 Å². The second kappa shape index (κ2) is 12.5. The van der Waals surface area contributed by atoms with Crippen LogP contribution in [0.25, 0.3) is 44.6 Å². The smallest absolute Gasteiger partial charge is 0.234 e. The maximum absolute atomic E-state index is 12.6.